The van der Waals surface area contributed by atoms with Gasteiger partial charge in [0.25, 0.3) is 11.1 Å². The molecule has 11 heteroatoms. The number of ketones is 1. The van der Waals surface area contributed by atoms with Crippen LogP contribution in [0.25, 0.3) is 0 Å². The lowest BCUT2D eigenvalue weighted by molar-refractivity contribution is -0.131. The number of aromatic nitrogens is 2. The summed E-state index contributed by atoms with van der Waals surface area (Å²) < 4.78 is 5.66. The van der Waals surface area contributed by atoms with E-state index in [0.717, 1.165) is 50.8 Å². The molecule has 0 spiro atoms. The smallest absolute Gasteiger partial charge is 0.286 e. The second kappa shape index (κ2) is 14.0. The quantitative estimate of drug-likeness (QED) is 0.303. The minimum absolute atomic E-state index is 0. The van der Waals surface area contributed by atoms with Crippen LogP contribution < -0.4 is 5.32 Å². The van der Waals surface area contributed by atoms with Crippen molar-refractivity contribution in [1.82, 2.24) is 25.3 Å². The van der Waals surface area contributed by atoms with Gasteiger partial charge >= 0.3 is 0 Å². The molecular weight excluding hydrogens is 478 g/mol. The molecule has 2 fully saturated rings. The normalized spacial score (nSPS) is 18.8. The Hall–Kier alpha value is -1.65. The van der Waals surface area contributed by atoms with Crippen LogP contribution >= 0.6 is 24.2 Å². The van der Waals surface area contributed by atoms with Gasteiger partial charge in [-0.2, -0.15) is 0 Å². The second-order valence-corrected chi connectivity index (χ2v) is 10.5. The van der Waals surface area contributed by atoms with Crippen LogP contribution in [0.15, 0.2) is 9.64 Å². The van der Waals surface area contributed by atoms with Crippen molar-refractivity contribution in [2.45, 2.75) is 69.6 Å². The van der Waals surface area contributed by atoms with E-state index in [2.05, 4.69) is 20.4 Å². The Balaban J connectivity index is 0.00000408. The highest BCUT2D eigenvalue weighted by Crippen LogP contribution is 2.27. The standard InChI is InChI=1S/C23H37N5O4S.ClH/c1-16(29)28-12-10-17(11-13-28)19(24-21(31)18-8-6-4-5-7-9-18)20(30)22-25-26-23(32-22)33-15-14-27(2)3;/h17-19H,4-15H2,1-3H3,(H,24,31);1H. The van der Waals surface area contributed by atoms with E-state index in [1.807, 2.05) is 14.1 Å². The number of Topliss-reactive ketones (excluding diaryl/α,β-unsaturated/α-hetero) is 1. The number of nitrogens with zero attached hydrogens (tertiary/aromatic N) is 4. The number of rotatable bonds is 9. The zero-order valence-corrected chi connectivity index (χ0v) is 22.1. The molecule has 1 unspecified atom stereocenters. The third kappa shape index (κ3) is 8.23. The Labute approximate surface area is 212 Å². The molecule has 1 aliphatic carbocycles. The van der Waals surface area contributed by atoms with Crippen molar-refractivity contribution in [2.75, 3.05) is 39.5 Å². The number of thioether (sulfide) groups is 1. The lowest BCUT2D eigenvalue weighted by Crippen LogP contribution is -2.51. The summed E-state index contributed by atoms with van der Waals surface area (Å²) in [5.41, 5.74) is 0. The molecule has 3 rings (SSSR count). The van der Waals surface area contributed by atoms with Crippen molar-refractivity contribution in [3.8, 4) is 0 Å². The molecule has 2 aliphatic rings. The minimum atomic E-state index is -0.713. The molecule has 192 valence electrons. The second-order valence-electron chi connectivity index (χ2n) is 9.41. The van der Waals surface area contributed by atoms with E-state index in [1.54, 1.807) is 11.8 Å². The third-order valence-electron chi connectivity index (χ3n) is 6.64. The van der Waals surface area contributed by atoms with E-state index in [-0.39, 0.29) is 47.7 Å². The maximum atomic E-state index is 13.4. The summed E-state index contributed by atoms with van der Waals surface area (Å²) >= 11 is 1.41. The number of carbonyl (C=O) groups excluding carboxylic acids is 3. The summed E-state index contributed by atoms with van der Waals surface area (Å²) in [6.45, 7) is 3.58. The van der Waals surface area contributed by atoms with Crippen LogP contribution in [0.1, 0.15) is 69.0 Å². The number of halogens is 1. The van der Waals surface area contributed by atoms with Crippen LogP contribution in [0.4, 0.5) is 0 Å². The van der Waals surface area contributed by atoms with Gasteiger partial charge in [0.1, 0.15) is 6.04 Å². The van der Waals surface area contributed by atoms with Crippen LogP contribution in [0, 0.1) is 11.8 Å². The fourth-order valence-corrected chi connectivity index (χ4v) is 5.44. The first-order valence-electron chi connectivity index (χ1n) is 12.1. The predicted octanol–water partition coefficient (Wildman–Crippen LogP) is 3.04. The third-order valence-corrected chi connectivity index (χ3v) is 7.44. The topological polar surface area (TPSA) is 109 Å². The van der Waals surface area contributed by atoms with Crippen molar-refractivity contribution in [3.05, 3.63) is 5.89 Å². The summed E-state index contributed by atoms with van der Waals surface area (Å²) in [6.07, 6.45) is 7.44. The van der Waals surface area contributed by atoms with E-state index in [9.17, 15) is 14.4 Å². The van der Waals surface area contributed by atoms with Crippen molar-refractivity contribution in [1.29, 1.82) is 0 Å². The molecule has 0 radical (unpaired) electrons. The van der Waals surface area contributed by atoms with Gasteiger partial charge in [0.15, 0.2) is 0 Å². The average molecular weight is 516 g/mol. The number of nitrogens with one attached hydrogen (secondary N) is 1. The maximum absolute atomic E-state index is 13.4. The number of likely N-dealkylation sites (tertiary alicyclic amines) is 1. The van der Waals surface area contributed by atoms with Gasteiger partial charge in [0.2, 0.25) is 17.6 Å². The minimum Gasteiger partial charge on any atom is -0.408 e. The molecule has 1 aromatic rings. The molecule has 34 heavy (non-hydrogen) atoms. The van der Waals surface area contributed by atoms with Gasteiger partial charge in [0, 0.05) is 38.2 Å². The first kappa shape index (κ1) is 28.6. The Bertz CT molecular complexity index is 805. The van der Waals surface area contributed by atoms with E-state index in [1.165, 1.54) is 11.8 Å². The molecular formula is C23H38ClN5O4S. The zero-order valence-electron chi connectivity index (χ0n) is 20.5. The van der Waals surface area contributed by atoms with E-state index < -0.39 is 6.04 Å². The Morgan fingerprint density at radius 3 is 2.32 bits per heavy atom. The molecule has 1 aromatic heterocycles. The molecule has 2 heterocycles. The highest BCUT2D eigenvalue weighted by molar-refractivity contribution is 7.99. The number of carbonyl (C=O) groups is 3. The maximum Gasteiger partial charge on any atom is 0.286 e. The lowest BCUT2D eigenvalue weighted by Gasteiger charge is -2.35. The van der Waals surface area contributed by atoms with Gasteiger partial charge in [-0.15, -0.1) is 22.6 Å². The van der Waals surface area contributed by atoms with Crippen LogP contribution in [0.3, 0.4) is 0 Å². The Morgan fingerprint density at radius 2 is 1.74 bits per heavy atom. The number of hydrogen-bond acceptors (Lipinski definition) is 8. The van der Waals surface area contributed by atoms with Crippen LogP contribution in [-0.4, -0.2) is 83.1 Å². The Morgan fingerprint density at radius 1 is 1.09 bits per heavy atom. The first-order chi connectivity index (χ1) is 15.8. The van der Waals surface area contributed by atoms with E-state index >= 15 is 0 Å². The average Bonchev–Trinajstić information content (AvgIpc) is 3.09. The van der Waals surface area contributed by atoms with Crippen LogP contribution in [0.5, 0.6) is 0 Å². The highest BCUT2D eigenvalue weighted by Gasteiger charge is 2.37. The van der Waals surface area contributed by atoms with Gasteiger partial charge in [-0.1, -0.05) is 37.4 Å². The molecule has 2 amide bonds. The highest BCUT2D eigenvalue weighted by atomic mass is 35.5. The van der Waals surface area contributed by atoms with Crippen molar-refractivity contribution in [3.63, 3.8) is 0 Å². The zero-order chi connectivity index (χ0) is 23.8. The van der Waals surface area contributed by atoms with Crippen molar-refractivity contribution < 1.29 is 18.8 Å². The SMILES string of the molecule is CC(=O)N1CCC(C(NC(=O)C2CCCCCC2)C(=O)c2nnc(SCCN(C)C)o2)CC1.Cl. The lowest BCUT2D eigenvalue weighted by atomic mass is 9.86. The van der Waals surface area contributed by atoms with E-state index in [0.29, 0.717) is 31.2 Å². The molecule has 1 saturated carbocycles. The number of piperidine rings is 1. The molecule has 9 nitrogen and oxygen atoms in total. The predicted molar refractivity (Wildman–Crippen MR) is 133 cm³/mol. The molecule has 0 bridgehead atoms. The van der Waals surface area contributed by atoms with Gasteiger partial charge in [-0.25, -0.2) is 0 Å². The molecule has 1 aliphatic heterocycles. The van der Waals surface area contributed by atoms with Gasteiger partial charge in [-0.3, -0.25) is 14.4 Å². The summed E-state index contributed by atoms with van der Waals surface area (Å²) in [5.74, 6) is 0.250. The summed E-state index contributed by atoms with van der Waals surface area (Å²) in [7, 11) is 3.98. The van der Waals surface area contributed by atoms with E-state index in [4.69, 9.17) is 4.42 Å². The Kier molecular flexibility index (Phi) is 11.8. The van der Waals surface area contributed by atoms with Crippen LogP contribution in [-0.2, 0) is 9.59 Å². The van der Waals surface area contributed by atoms with Crippen molar-refractivity contribution >= 4 is 41.8 Å². The van der Waals surface area contributed by atoms with Gasteiger partial charge in [0.05, 0.1) is 0 Å². The largest absolute Gasteiger partial charge is 0.408 e. The van der Waals surface area contributed by atoms with Gasteiger partial charge in [-0.05, 0) is 45.7 Å². The fourth-order valence-electron chi connectivity index (χ4n) is 4.57. The monoisotopic (exact) mass is 515 g/mol. The molecule has 1 N–H and O–H groups in total. The summed E-state index contributed by atoms with van der Waals surface area (Å²) in [4.78, 5) is 42.1. The van der Waals surface area contributed by atoms with Crippen molar-refractivity contribution in [2.24, 2.45) is 11.8 Å². The summed E-state index contributed by atoms with van der Waals surface area (Å²) in [5, 5.41) is 11.4. The number of amides is 2. The van der Waals surface area contributed by atoms with Crippen LogP contribution in [0.2, 0.25) is 0 Å². The first-order valence-corrected chi connectivity index (χ1v) is 13.0. The molecule has 0 aromatic carbocycles. The number of hydrogen-bond donors (Lipinski definition) is 1. The van der Waals surface area contributed by atoms with Gasteiger partial charge < -0.3 is 19.5 Å². The molecule has 1 atom stereocenters. The fraction of sp³-hybridized carbons (Fsp3) is 0.783. The summed E-state index contributed by atoms with van der Waals surface area (Å²) in [6, 6.07) is -0.713. The molecule has 1 saturated heterocycles.